The second kappa shape index (κ2) is 6.48. The standard InChI is InChI=1S/C14H23NOS/c1-2-17-13-9-5-8-12(13)15-14(16)10-11-6-3-4-7-11/h3,6,11-13H,2,4-5,7-10H2,1H3,(H,15,16)/t11-,12+,13-/m1/s1. The molecular formula is C14H23NOS. The van der Waals surface area contributed by atoms with Gasteiger partial charge in [0.15, 0.2) is 0 Å². The molecule has 1 N–H and O–H groups in total. The molecule has 0 aromatic rings. The summed E-state index contributed by atoms with van der Waals surface area (Å²) in [5.74, 6) is 1.91. The summed E-state index contributed by atoms with van der Waals surface area (Å²) in [6.45, 7) is 2.20. The van der Waals surface area contributed by atoms with Crippen LogP contribution < -0.4 is 5.32 Å². The van der Waals surface area contributed by atoms with E-state index in [0.29, 0.717) is 23.6 Å². The lowest BCUT2D eigenvalue weighted by atomic mass is 10.0. The summed E-state index contributed by atoms with van der Waals surface area (Å²) in [5.41, 5.74) is 0. The largest absolute Gasteiger partial charge is 0.352 e. The molecule has 2 nitrogen and oxygen atoms in total. The molecule has 0 aromatic carbocycles. The van der Waals surface area contributed by atoms with E-state index >= 15 is 0 Å². The summed E-state index contributed by atoms with van der Waals surface area (Å²) in [7, 11) is 0. The lowest BCUT2D eigenvalue weighted by molar-refractivity contribution is -0.122. The van der Waals surface area contributed by atoms with E-state index in [0.717, 1.165) is 18.6 Å². The molecule has 2 aliphatic carbocycles. The molecule has 3 heteroatoms. The molecule has 0 heterocycles. The average Bonchev–Trinajstić information content (AvgIpc) is 2.92. The van der Waals surface area contributed by atoms with Crippen LogP contribution in [0.5, 0.6) is 0 Å². The van der Waals surface area contributed by atoms with Gasteiger partial charge in [0, 0.05) is 17.7 Å². The summed E-state index contributed by atoms with van der Waals surface area (Å²) in [4.78, 5) is 12.0. The molecule has 1 saturated carbocycles. The monoisotopic (exact) mass is 253 g/mol. The van der Waals surface area contributed by atoms with Gasteiger partial charge in [-0.05, 0) is 37.4 Å². The van der Waals surface area contributed by atoms with E-state index in [9.17, 15) is 4.79 Å². The minimum absolute atomic E-state index is 0.259. The molecule has 0 spiro atoms. The first-order valence-corrected chi connectivity index (χ1v) is 7.92. The van der Waals surface area contributed by atoms with E-state index in [-0.39, 0.29) is 5.91 Å². The lowest BCUT2D eigenvalue weighted by Crippen LogP contribution is -2.39. The van der Waals surface area contributed by atoms with Crippen LogP contribution in [0.25, 0.3) is 0 Å². The van der Waals surface area contributed by atoms with E-state index in [1.807, 2.05) is 11.8 Å². The molecule has 2 aliphatic rings. The van der Waals surface area contributed by atoms with E-state index in [4.69, 9.17) is 0 Å². The third kappa shape index (κ3) is 3.77. The molecular weight excluding hydrogens is 230 g/mol. The van der Waals surface area contributed by atoms with Crippen LogP contribution in [0.4, 0.5) is 0 Å². The number of carbonyl (C=O) groups excluding carboxylic acids is 1. The van der Waals surface area contributed by atoms with Gasteiger partial charge >= 0.3 is 0 Å². The maximum atomic E-state index is 12.0. The maximum absolute atomic E-state index is 12.0. The van der Waals surface area contributed by atoms with Crippen molar-refractivity contribution in [3.63, 3.8) is 0 Å². The quantitative estimate of drug-likeness (QED) is 0.763. The highest BCUT2D eigenvalue weighted by Gasteiger charge is 2.28. The Morgan fingerprint density at radius 3 is 3.00 bits per heavy atom. The highest BCUT2D eigenvalue weighted by molar-refractivity contribution is 7.99. The summed E-state index contributed by atoms with van der Waals surface area (Å²) in [6.07, 6.45) is 11.1. The number of nitrogens with one attached hydrogen (secondary N) is 1. The molecule has 0 saturated heterocycles. The molecule has 17 heavy (non-hydrogen) atoms. The Bertz CT molecular complexity index is 290. The fourth-order valence-corrected chi connectivity index (χ4v) is 4.07. The number of hydrogen-bond acceptors (Lipinski definition) is 2. The molecule has 0 radical (unpaired) electrons. The number of allylic oxidation sites excluding steroid dienone is 2. The molecule has 0 aliphatic heterocycles. The SMILES string of the molecule is CCS[C@@H]1CCC[C@@H]1NC(=O)C[C@@H]1C=CCC1. The summed E-state index contributed by atoms with van der Waals surface area (Å²) in [6, 6.07) is 0.429. The van der Waals surface area contributed by atoms with E-state index in [2.05, 4.69) is 24.4 Å². The van der Waals surface area contributed by atoms with Crippen molar-refractivity contribution in [2.45, 2.75) is 56.7 Å². The van der Waals surface area contributed by atoms with Crippen molar-refractivity contribution in [1.82, 2.24) is 5.32 Å². The van der Waals surface area contributed by atoms with E-state index in [1.54, 1.807) is 0 Å². The van der Waals surface area contributed by atoms with Crippen LogP contribution in [0.1, 0.15) is 45.4 Å². The number of rotatable bonds is 5. The number of thioether (sulfide) groups is 1. The van der Waals surface area contributed by atoms with Crippen LogP contribution in [-0.4, -0.2) is 23.0 Å². The van der Waals surface area contributed by atoms with Crippen LogP contribution in [0.2, 0.25) is 0 Å². The van der Waals surface area contributed by atoms with Crippen LogP contribution in [0, 0.1) is 5.92 Å². The highest BCUT2D eigenvalue weighted by Crippen LogP contribution is 2.30. The Kier molecular flexibility index (Phi) is 4.96. The van der Waals surface area contributed by atoms with Gasteiger partial charge in [0.25, 0.3) is 0 Å². The zero-order chi connectivity index (χ0) is 12.1. The smallest absolute Gasteiger partial charge is 0.220 e. The van der Waals surface area contributed by atoms with Crippen molar-refractivity contribution in [2.75, 3.05) is 5.75 Å². The molecule has 0 bridgehead atoms. The zero-order valence-electron chi connectivity index (χ0n) is 10.7. The van der Waals surface area contributed by atoms with Gasteiger partial charge in [-0.3, -0.25) is 4.79 Å². The Morgan fingerprint density at radius 1 is 1.41 bits per heavy atom. The minimum atomic E-state index is 0.259. The summed E-state index contributed by atoms with van der Waals surface area (Å²) in [5, 5.41) is 3.90. The number of hydrogen-bond donors (Lipinski definition) is 1. The average molecular weight is 253 g/mol. The minimum Gasteiger partial charge on any atom is -0.352 e. The first kappa shape index (κ1) is 13.0. The first-order chi connectivity index (χ1) is 8.29. The van der Waals surface area contributed by atoms with Crippen LogP contribution in [-0.2, 0) is 4.79 Å². The first-order valence-electron chi connectivity index (χ1n) is 6.87. The summed E-state index contributed by atoms with van der Waals surface area (Å²) < 4.78 is 0. The van der Waals surface area contributed by atoms with Gasteiger partial charge in [0.2, 0.25) is 5.91 Å². The van der Waals surface area contributed by atoms with Crippen molar-refractivity contribution in [2.24, 2.45) is 5.92 Å². The topological polar surface area (TPSA) is 29.1 Å². The van der Waals surface area contributed by atoms with Gasteiger partial charge in [-0.1, -0.05) is 25.5 Å². The van der Waals surface area contributed by atoms with Gasteiger partial charge in [-0.2, -0.15) is 11.8 Å². The van der Waals surface area contributed by atoms with Gasteiger partial charge in [-0.15, -0.1) is 0 Å². The Morgan fingerprint density at radius 2 is 2.29 bits per heavy atom. The Hall–Kier alpha value is -0.440. The lowest BCUT2D eigenvalue weighted by Gasteiger charge is -2.20. The molecule has 96 valence electrons. The van der Waals surface area contributed by atoms with Gasteiger partial charge in [0.05, 0.1) is 0 Å². The molecule has 1 amide bonds. The van der Waals surface area contributed by atoms with Crippen LogP contribution in [0.15, 0.2) is 12.2 Å². The van der Waals surface area contributed by atoms with Crippen LogP contribution in [0.3, 0.4) is 0 Å². The Labute approximate surface area is 109 Å². The van der Waals surface area contributed by atoms with Gasteiger partial charge in [0.1, 0.15) is 0 Å². The second-order valence-electron chi connectivity index (χ2n) is 5.07. The predicted molar refractivity (Wildman–Crippen MR) is 74.2 cm³/mol. The fraction of sp³-hybridized carbons (Fsp3) is 0.786. The molecule has 0 aromatic heterocycles. The van der Waals surface area contributed by atoms with E-state index in [1.165, 1.54) is 19.3 Å². The van der Waals surface area contributed by atoms with Gasteiger partial charge < -0.3 is 5.32 Å². The Balaban J connectivity index is 1.75. The molecule has 0 unspecified atom stereocenters. The van der Waals surface area contributed by atoms with Crippen molar-refractivity contribution in [3.05, 3.63) is 12.2 Å². The number of carbonyl (C=O) groups is 1. The second-order valence-corrected chi connectivity index (χ2v) is 6.58. The number of amides is 1. The van der Waals surface area contributed by atoms with Crippen LogP contribution >= 0.6 is 11.8 Å². The molecule has 2 rings (SSSR count). The van der Waals surface area contributed by atoms with Crippen molar-refractivity contribution in [3.8, 4) is 0 Å². The normalized spacial score (nSPS) is 31.9. The highest BCUT2D eigenvalue weighted by atomic mass is 32.2. The third-order valence-corrected chi connectivity index (χ3v) is 5.07. The maximum Gasteiger partial charge on any atom is 0.220 e. The molecule has 3 atom stereocenters. The zero-order valence-corrected chi connectivity index (χ0v) is 11.5. The predicted octanol–water partition coefficient (Wildman–Crippen LogP) is 3.13. The molecule has 1 fully saturated rings. The van der Waals surface area contributed by atoms with E-state index < -0.39 is 0 Å². The van der Waals surface area contributed by atoms with Crippen molar-refractivity contribution in [1.29, 1.82) is 0 Å². The fourth-order valence-electron chi connectivity index (χ4n) is 2.87. The van der Waals surface area contributed by atoms with Crippen molar-refractivity contribution >= 4 is 17.7 Å². The van der Waals surface area contributed by atoms with Gasteiger partial charge in [-0.25, -0.2) is 0 Å². The summed E-state index contributed by atoms with van der Waals surface area (Å²) >= 11 is 2.00. The van der Waals surface area contributed by atoms with Crippen molar-refractivity contribution < 1.29 is 4.79 Å². The third-order valence-electron chi connectivity index (χ3n) is 3.74.